The second-order valence-electron chi connectivity index (χ2n) is 7.40. The number of aromatic nitrogens is 2. The highest BCUT2D eigenvalue weighted by Crippen LogP contribution is 2.36. The van der Waals surface area contributed by atoms with Crippen LogP contribution in [0.1, 0.15) is 18.2 Å². The Bertz CT molecular complexity index is 1250. The molecule has 1 N–H and O–H groups in total. The number of ether oxygens (including phenoxy) is 3. The Morgan fingerprint density at radius 1 is 1.06 bits per heavy atom. The molecule has 0 aliphatic rings. The fourth-order valence-corrected chi connectivity index (χ4v) is 3.50. The third-order valence-corrected chi connectivity index (χ3v) is 5.20. The topological polar surface area (TPSA) is 82.8 Å². The van der Waals surface area contributed by atoms with Crippen LogP contribution in [0.15, 0.2) is 66.9 Å². The number of fused-ring (bicyclic) bond motifs is 1. The molecule has 0 aliphatic carbocycles. The van der Waals surface area contributed by atoms with E-state index in [1.54, 1.807) is 19.4 Å². The summed E-state index contributed by atoms with van der Waals surface area (Å²) in [5.41, 5.74) is 2.69. The summed E-state index contributed by atoms with van der Waals surface area (Å²) in [7, 11) is 1.63. The van der Waals surface area contributed by atoms with Crippen LogP contribution < -0.4 is 14.2 Å². The van der Waals surface area contributed by atoms with Crippen LogP contribution in [-0.4, -0.2) is 33.8 Å². The molecule has 0 unspecified atom stereocenters. The summed E-state index contributed by atoms with van der Waals surface area (Å²) in [6.45, 7) is 4.03. The van der Waals surface area contributed by atoms with Crippen molar-refractivity contribution in [3.63, 3.8) is 0 Å². The maximum Gasteiger partial charge on any atom is 0.344 e. The molecule has 0 fully saturated rings. The van der Waals surface area contributed by atoms with Gasteiger partial charge < -0.3 is 23.9 Å². The first-order chi connectivity index (χ1) is 15.5. The largest absolute Gasteiger partial charge is 0.497 e. The minimum Gasteiger partial charge on any atom is -0.497 e. The Balaban J connectivity index is 1.66. The predicted octanol–water partition coefficient (Wildman–Crippen LogP) is 5.05. The number of methoxy groups -OCH3 is 1. The second-order valence-corrected chi connectivity index (χ2v) is 7.40. The first kappa shape index (κ1) is 21.2. The van der Waals surface area contributed by atoms with Crippen LogP contribution >= 0.6 is 0 Å². The Kier molecular flexibility index (Phi) is 5.98. The number of carboxylic acids is 1. The Morgan fingerprint density at radius 3 is 2.53 bits per heavy atom. The van der Waals surface area contributed by atoms with E-state index in [1.807, 2.05) is 61.5 Å². The number of hydrogen-bond donors (Lipinski definition) is 1. The molecule has 2 aromatic heterocycles. The number of carboxylic acid groups (broad SMARTS) is 1. The SMILES string of the molecule is COc1ccc(Oc2c(C)n(Cc3cccc(O[C@H](C)C(=O)O)c3)c3ncccc23)cc1. The van der Waals surface area contributed by atoms with Gasteiger partial charge in [-0.15, -0.1) is 0 Å². The van der Waals surface area contributed by atoms with Crippen molar-refractivity contribution >= 4 is 17.0 Å². The van der Waals surface area contributed by atoms with Gasteiger partial charge in [0.25, 0.3) is 0 Å². The maximum atomic E-state index is 11.1. The van der Waals surface area contributed by atoms with Crippen molar-refractivity contribution in [3.8, 4) is 23.0 Å². The predicted molar refractivity (Wildman–Crippen MR) is 121 cm³/mol. The molecule has 7 nitrogen and oxygen atoms in total. The van der Waals surface area contributed by atoms with Gasteiger partial charge >= 0.3 is 5.97 Å². The Morgan fingerprint density at radius 2 is 1.81 bits per heavy atom. The minimum absolute atomic E-state index is 0.509. The highest BCUT2D eigenvalue weighted by atomic mass is 16.5. The average molecular weight is 432 g/mol. The van der Waals surface area contributed by atoms with Gasteiger partial charge in [0.1, 0.15) is 22.9 Å². The summed E-state index contributed by atoms with van der Waals surface area (Å²) in [6, 6.07) is 18.7. The third-order valence-electron chi connectivity index (χ3n) is 5.20. The van der Waals surface area contributed by atoms with Crippen LogP contribution in [0.4, 0.5) is 0 Å². The van der Waals surface area contributed by atoms with Crippen molar-refractivity contribution in [2.75, 3.05) is 7.11 Å². The number of hydrogen-bond acceptors (Lipinski definition) is 5. The molecule has 1 atom stereocenters. The lowest BCUT2D eigenvalue weighted by atomic mass is 10.2. The number of carbonyl (C=O) groups is 1. The lowest BCUT2D eigenvalue weighted by molar-refractivity contribution is -0.144. The molecular weight excluding hydrogens is 408 g/mol. The van der Waals surface area contributed by atoms with E-state index in [0.29, 0.717) is 18.0 Å². The van der Waals surface area contributed by atoms with E-state index in [0.717, 1.165) is 33.8 Å². The lowest BCUT2D eigenvalue weighted by Gasteiger charge is -2.13. The van der Waals surface area contributed by atoms with Gasteiger partial charge in [-0.3, -0.25) is 0 Å². The molecule has 4 aromatic rings. The molecular formula is C25H24N2O5. The number of nitrogens with zero attached hydrogens (tertiary/aromatic N) is 2. The molecule has 4 rings (SSSR count). The average Bonchev–Trinajstić information content (AvgIpc) is 3.06. The Labute approximate surface area is 185 Å². The monoisotopic (exact) mass is 432 g/mol. The standard InChI is InChI=1S/C25H24N2O5/c1-16-23(32-20-11-9-19(30-3)10-12-20)22-8-5-13-26-24(22)27(16)15-18-6-4-7-21(14-18)31-17(2)25(28)29/h4-14,17H,15H2,1-3H3,(H,28,29)/t17-/m1/s1. The molecule has 0 radical (unpaired) electrons. The van der Waals surface area contributed by atoms with Gasteiger partial charge in [0.15, 0.2) is 11.9 Å². The van der Waals surface area contributed by atoms with Crippen molar-refractivity contribution in [1.82, 2.24) is 9.55 Å². The summed E-state index contributed by atoms with van der Waals surface area (Å²) in [4.78, 5) is 15.7. The number of benzene rings is 2. The second kappa shape index (κ2) is 9.01. The van der Waals surface area contributed by atoms with E-state index >= 15 is 0 Å². The van der Waals surface area contributed by atoms with E-state index in [9.17, 15) is 4.79 Å². The van der Waals surface area contributed by atoms with Crippen LogP contribution in [-0.2, 0) is 11.3 Å². The summed E-state index contributed by atoms with van der Waals surface area (Å²) < 4.78 is 19.0. The first-order valence-electron chi connectivity index (χ1n) is 10.2. The highest BCUT2D eigenvalue weighted by molar-refractivity contribution is 5.86. The number of aliphatic carboxylic acids is 1. The zero-order valence-corrected chi connectivity index (χ0v) is 18.1. The maximum absolute atomic E-state index is 11.1. The molecule has 164 valence electrons. The molecule has 0 saturated heterocycles. The van der Waals surface area contributed by atoms with Crippen LogP contribution in [0, 0.1) is 6.92 Å². The normalized spacial score (nSPS) is 11.8. The van der Waals surface area contributed by atoms with E-state index in [4.69, 9.17) is 19.3 Å². The smallest absolute Gasteiger partial charge is 0.344 e. The zero-order valence-electron chi connectivity index (χ0n) is 18.1. The molecule has 0 spiro atoms. The van der Waals surface area contributed by atoms with Gasteiger partial charge in [0, 0.05) is 12.7 Å². The van der Waals surface area contributed by atoms with E-state index in [-0.39, 0.29) is 0 Å². The first-order valence-corrected chi connectivity index (χ1v) is 10.2. The third kappa shape index (κ3) is 4.37. The summed E-state index contributed by atoms with van der Waals surface area (Å²) in [5.74, 6) is 1.71. The van der Waals surface area contributed by atoms with Gasteiger partial charge in [-0.1, -0.05) is 12.1 Å². The fourth-order valence-electron chi connectivity index (χ4n) is 3.50. The summed E-state index contributed by atoms with van der Waals surface area (Å²) in [6.07, 6.45) is 0.828. The van der Waals surface area contributed by atoms with Crippen molar-refractivity contribution in [1.29, 1.82) is 0 Å². The van der Waals surface area contributed by atoms with Crippen LogP contribution in [0.2, 0.25) is 0 Å². The molecule has 0 amide bonds. The molecule has 32 heavy (non-hydrogen) atoms. The van der Waals surface area contributed by atoms with Crippen LogP contribution in [0.5, 0.6) is 23.0 Å². The Hall–Kier alpha value is -4.00. The van der Waals surface area contributed by atoms with E-state index in [1.165, 1.54) is 6.92 Å². The number of rotatable bonds is 8. The van der Waals surface area contributed by atoms with E-state index in [2.05, 4.69) is 9.55 Å². The molecule has 2 heterocycles. The molecule has 0 bridgehead atoms. The quantitative estimate of drug-likeness (QED) is 0.420. The molecule has 0 saturated carbocycles. The van der Waals surface area contributed by atoms with Crippen molar-refractivity contribution in [3.05, 3.63) is 78.1 Å². The molecule has 2 aromatic carbocycles. The van der Waals surface area contributed by atoms with Crippen molar-refractivity contribution in [2.24, 2.45) is 0 Å². The van der Waals surface area contributed by atoms with Crippen molar-refractivity contribution in [2.45, 2.75) is 26.5 Å². The lowest BCUT2D eigenvalue weighted by Crippen LogP contribution is -2.22. The van der Waals surface area contributed by atoms with E-state index < -0.39 is 12.1 Å². The van der Waals surface area contributed by atoms with Gasteiger partial charge in [-0.05, 0) is 67.9 Å². The van der Waals surface area contributed by atoms with Gasteiger partial charge in [0.2, 0.25) is 0 Å². The van der Waals surface area contributed by atoms with Gasteiger partial charge in [-0.25, -0.2) is 9.78 Å². The minimum atomic E-state index is -1.01. The molecule has 0 aliphatic heterocycles. The zero-order chi connectivity index (χ0) is 22.7. The van der Waals surface area contributed by atoms with Gasteiger partial charge in [0.05, 0.1) is 18.2 Å². The number of pyridine rings is 1. The highest BCUT2D eigenvalue weighted by Gasteiger charge is 2.18. The van der Waals surface area contributed by atoms with Crippen LogP contribution in [0.25, 0.3) is 11.0 Å². The van der Waals surface area contributed by atoms with Gasteiger partial charge in [-0.2, -0.15) is 0 Å². The van der Waals surface area contributed by atoms with Crippen LogP contribution in [0.3, 0.4) is 0 Å². The summed E-state index contributed by atoms with van der Waals surface area (Å²) >= 11 is 0. The fraction of sp³-hybridized carbons (Fsp3) is 0.200. The molecule has 7 heteroatoms. The summed E-state index contributed by atoms with van der Waals surface area (Å²) in [5, 5.41) is 10.0. The van der Waals surface area contributed by atoms with Crippen molar-refractivity contribution < 1.29 is 24.1 Å².